The van der Waals surface area contributed by atoms with Crippen LogP contribution in [0.5, 0.6) is 5.88 Å². The van der Waals surface area contributed by atoms with Gasteiger partial charge in [0.05, 0.1) is 19.2 Å². The van der Waals surface area contributed by atoms with Gasteiger partial charge in [-0.25, -0.2) is 4.98 Å². The Bertz CT molecular complexity index is 740. The number of pyridine rings is 1. The van der Waals surface area contributed by atoms with Crippen molar-refractivity contribution in [2.75, 3.05) is 26.7 Å². The van der Waals surface area contributed by atoms with E-state index in [1.165, 1.54) is 0 Å². The summed E-state index contributed by atoms with van der Waals surface area (Å²) >= 11 is 3.36. The van der Waals surface area contributed by atoms with Crippen LogP contribution >= 0.6 is 15.9 Å². The van der Waals surface area contributed by atoms with E-state index in [4.69, 9.17) is 4.74 Å². The molecule has 154 valence electrons. The second kappa shape index (κ2) is 8.78. The molecular formula is C20H28BrN3O4. The molecule has 0 bridgehead atoms. The molecule has 1 aliphatic heterocycles. The lowest BCUT2D eigenvalue weighted by Crippen LogP contribution is -2.51. The fourth-order valence-electron chi connectivity index (χ4n) is 3.62. The Labute approximate surface area is 174 Å². The van der Waals surface area contributed by atoms with Crippen molar-refractivity contribution in [3.63, 3.8) is 0 Å². The molecule has 3 rings (SSSR count). The largest absolute Gasteiger partial charge is 0.472 e. The van der Waals surface area contributed by atoms with Crippen molar-refractivity contribution in [3.05, 3.63) is 22.3 Å². The maximum absolute atomic E-state index is 13.1. The van der Waals surface area contributed by atoms with Crippen molar-refractivity contribution in [1.29, 1.82) is 0 Å². The number of aliphatic hydroxyl groups is 1. The second-order valence-electron chi connectivity index (χ2n) is 7.98. The zero-order valence-corrected chi connectivity index (χ0v) is 18.2. The van der Waals surface area contributed by atoms with Gasteiger partial charge in [-0.1, -0.05) is 13.3 Å². The lowest BCUT2D eigenvalue weighted by atomic mass is 9.84. The first-order chi connectivity index (χ1) is 13.3. The molecule has 28 heavy (non-hydrogen) atoms. The van der Waals surface area contributed by atoms with Crippen molar-refractivity contribution in [3.8, 4) is 5.88 Å². The van der Waals surface area contributed by atoms with E-state index < -0.39 is 0 Å². The Hall–Kier alpha value is -1.67. The highest BCUT2D eigenvalue weighted by molar-refractivity contribution is 9.10. The standard InChI is InChI=1S/C20H28BrN3O4/c1-12-9-24(13(2)11-25)20(27)16-7-15(21)8-22-18(16)28-17(12)10-23(3)19(26)14-5-4-6-14/h7-8,12-14,17,25H,4-6,9-11H2,1-3H3/t12-,13-,17-/m1/s1. The highest BCUT2D eigenvalue weighted by Crippen LogP contribution is 2.30. The fourth-order valence-corrected chi connectivity index (χ4v) is 3.95. The van der Waals surface area contributed by atoms with Crippen LogP contribution in [-0.4, -0.2) is 70.6 Å². The van der Waals surface area contributed by atoms with Gasteiger partial charge in [-0.05, 0) is 41.8 Å². The van der Waals surface area contributed by atoms with Gasteiger partial charge >= 0.3 is 0 Å². The molecule has 1 saturated carbocycles. The smallest absolute Gasteiger partial charge is 0.259 e. The summed E-state index contributed by atoms with van der Waals surface area (Å²) in [6, 6.07) is 1.37. The molecule has 7 nitrogen and oxygen atoms in total. The lowest BCUT2D eigenvalue weighted by Gasteiger charge is -2.38. The first-order valence-electron chi connectivity index (χ1n) is 9.80. The molecule has 2 heterocycles. The zero-order valence-electron chi connectivity index (χ0n) is 16.6. The van der Waals surface area contributed by atoms with Crippen LogP contribution in [0, 0.1) is 11.8 Å². The van der Waals surface area contributed by atoms with E-state index in [0.29, 0.717) is 23.1 Å². The molecule has 2 amide bonds. The molecule has 1 aromatic heterocycles. The molecule has 1 aliphatic carbocycles. The fraction of sp³-hybridized carbons (Fsp3) is 0.650. The minimum atomic E-state index is -0.324. The van der Waals surface area contributed by atoms with Gasteiger partial charge in [0.2, 0.25) is 11.8 Å². The summed E-state index contributed by atoms with van der Waals surface area (Å²) in [4.78, 5) is 33.4. The quantitative estimate of drug-likeness (QED) is 0.739. The molecule has 0 saturated heterocycles. The third-order valence-corrected chi connectivity index (χ3v) is 6.21. The van der Waals surface area contributed by atoms with Crippen molar-refractivity contribution in [1.82, 2.24) is 14.8 Å². The first-order valence-corrected chi connectivity index (χ1v) is 10.6. The van der Waals surface area contributed by atoms with Gasteiger partial charge in [-0.3, -0.25) is 9.59 Å². The zero-order chi connectivity index (χ0) is 20.4. The Morgan fingerprint density at radius 1 is 1.50 bits per heavy atom. The predicted octanol–water partition coefficient (Wildman–Crippen LogP) is 2.32. The van der Waals surface area contributed by atoms with Crippen molar-refractivity contribution < 1.29 is 19.4 Å². The Kier molecular flexibility index (Phi) is 6.60. The number of ether oxygens (including phenoxy) is 1. The molecule has 1 fully saturated rings. The molecular weight excluding hydrogens is 426 g/mol. The topological polar surface area (TPSA) is 83.0 Å². The van der Waals surface area contributed by atoms with Crippen LogP contribution in [0.15, 0.2) is 16.7 Å². The second-order valence-corrected chi connectivity index (χ2v) is 8.89. The summed E-state index contributed by atoms with van der Waals surface area (Å²) in [6.45, 7) is 4.56. The highest BCUT2D eigenvalue weighted by atomic mass is 79.9. The van der Waals surface area contributed by atoms with Crippen LogP contribution in [0.2, 0.25) is 0 Å². The summed E-state index contributed by atoms with van der Waals surface area (Å²) in [6.07, 6.45) is 4.32. The van der Waals surface area contributed by atoms with E-state index in [2.05, 4.69) is 20.9 Å². The van der Waals surface area contributed by atoms with Crippen LogP contribution in [0.3, 0.4) is 0 Å². The number of halogens is 1. The maximum Gasteiger partial charge on any atom is 0.259 e. The van der Waals surface area contributed by atoms with E-state index in [0.717, 1.165) is 19.3 Å². The molecule has 8 heteroatoms. The maximum atomic E-state index is 13.1. The average Bonchev–Trinajstić information content (AvgIpc) is 2.63. The summed E-state index contributed by atoms with van der Waals surface area (Å²) in [5.74, 6) is 0.305. The minimum Gasteiger partial charge on any atom is -0.472 e. The Morgan fingerprint density at radius 3 is 2.82 bits per heavy atom. The SMILES string of the molecule is C[C@@H]1CN([C@H](C)CO)C(=O)c2cc(Br)cnc2O[C@@H]1CN(C)C(=O)C1CCC1. The average molecular weight is 454 g/mol. The number of hydrogen-bond acceptors (Lipinski definition) is 5. The molecule has 2 aliphatic rings. The van der Waals surface area contributed by atoms with Gasteiger partial charge in [0.1, 0.15) is 11.7 Å². The van der Waals surface area contributed by atoms with Gasteiger partial charge in [-0.15, -0.1) is 0 Å². The van der Waals surface area contributed by atoms with Crippen LogP contribution < -0.4 is 4.74 Å². The predicted molar refractivity (Wildman–Crippen MR) is 108 cm³/mol. The van der Waals surface area contributed by atoms with Crippen LogP contribution in [-0.2, 0) is 4.79 Å². The van der Waals surface area contributed by atoms with Crippen LogP contribution in [0.25, 0.3) is 0 Å². The molecule has 0 unspecified atom stereocenters. The molecule has 1 N–H and O–H groups in total. The van der Waals surface area contributed by atoms with Crippen LogP contribution in [0.1, 0.15) is 43.5 Å². The summed E-state index contributed by atoms with van der Waals surface area (Å²) in [5, 5.41) is 9.63. The highest BCUT2D eigenvalue weighted by Gasteiger charge is 2.36. The number of carbonyl (C=O) groups excluding carboxylic acids is 2. The van der Waals surface area contributed by atoms with Gasteiger partial charge in [0, 0.05) is 36.1 Å². The van der Waals surface area contributed by atoms with Gasteiger partial charge in [-0.2, -0.15) is 0 Å². The van der Waals surface area contributed by atoms with Crippen molar-refractivity contribution in [2.24, 2.45) is 11.8 Å². The number of aliphatic hydroxyl groups excluding tert-OH is 1. The van der Waals surface area contributed by atoms with Crippen molar-refractivity contribution in [2.45, 2.75) is 45.3 Å². The van der Waals surface area contributed by atoms with E-state index in [-0.39, 0.29) is 48.3 Å². The molecule has 0 spiro atoms. The summed E-state index contributed by atoms with van der Waals surface area (Å²) in [7, 11) is 1.81. The number of aromatic nitrogens is 1. The number of amides is 2. The monoisotopic (exact) mass is 453 g/mol. The van der Waals surface area contributed by atoms with Crippen LogP contribution in [0.4, 0.5) is 0 Å². The third kappa shape index (κ3) is 4.33. The van der Waals surface area contributed by atoms with Gasteiger partial charge in [0.15, 0.2) is 0 Å². The van der Waals surface area contributed by atoms with E-state index in [9.17, 15) is 14.7 Å². The van der Waals surface area contributed by atoms with E-state index in [1.807, 2.05) is 20.9 Å². The Balaban J connectivity index is 1.87. The van der Waals surface area contributed by atoms with E-state index in [1.54, 1.807) is 22.1 Å². The number of likely N-dealkylation sites (N-methyl/N-ethyl adjacent to an activating group) is 1. The number of fused-ring (bicyclic) bond motifs is 1. The summed E-state index contributed by atoms with van der Waals surface area (Å²) in [5.41, 5.74) is 0.361. The number of hydrogen-bond donors (Lipinski definition) is 1. The Morgan fingerprint density at radius 2 is 2.21 bits per heavy atom. The van der Waals surface area contributed by atoms with Gasteiger partial charge < -0.3 is 19.6 Å². The first kappa shape index (κ1) is 21.0. The molecule has 0 aromatic carbocycles. The number of rotatable bonds is 5. The summed E-state index contributed by atoms with van der Waals surface area (Å²) < 4.78 is 6.84. The molecule has 3 atom stereocenters. The number of carbonyl (C=O) groups is 2. The van der Waals surface area contributed by atoms with E-state index >= 15 is 0 Å². The molecule has 1 aromatic rings. The lowest BCUT2D eigenvalue weighted by molar-refractivity contribution is -0.138. The van der Waals surface area contributed by atoms with Gasteiger partial charge in [0.25, 0.3) is 5.91 Å². The normalized spacial score (nSPS) is 23.8. The van der Waals surface area contributed by atoms with Crippen molar-refractivity contribution >= 4 is 27.7 Å². The molecule has 0 radical (unpaired) electrons. The number of nitrogens with zero attached hydrogens (tertiary/aromatic N) is 3. The third-order valence-electron chi connectivity index (χ3n) is 5.77. The minimum absolute atomic E-state index is 0.0341.